The van der Waals surface area contributed by atoms with Crippen LogP contribution in [0.5, 0.6) is 0 Å². The zero-order valence-corrected chi connectivity index (χ0v) is 14.6. The molecule has 2 aliphatic rings. The first-order valence-corrected chi connectivity index (χ1v) is 8.83. The van der Waals surface area contributed by atoms with Crippen LogP contribution in [0, 0.1) is 10.1 Å². The molecular weight excluding hydrogens is 348 g/mol. The number of nitro benzene ring substituents is 1. The lowest BCUT2D eigenvalue weighted by molar-refractivity contribution is -0.907. The van der Waals surface area contributed by atoms with E-state index in [0.717, 1.165) is 31.9 Å². The second kappa shape index (κ2) is 6.81. The van der Waals surface area contributed by atoms with Gasteiger partial charge in [-0.15, -0.1) is 0 Å². The van der Waals surface area contributed by atoms with Crippen molar-refractivity contribution in [2.75, 3.05) is 37.7 Å². The number of nitro groups is 1. The number of non-ortho nitro benzene ring substituents is 1. The Morgan fingerprint density at radius 1 is 0.926 bits per heavy atom. The van der Waals surface area contributed by atoms with E-state index in [1.807, 2.05) is 0 Å². The Bertz CT molecular complexity index is 869. The van der Waals surface area contributed by atoms with E-state index in [9.17, 15) is 19.7 Å². The number of nitrogens with zero attached hydrogens (tertiary/aromatic N) is 3. The van der Waals surface area contributed by atoms with E-state index in [-0.39, 0.29) is 17.5 Å². The van der Waals surface area contributed by atoms with E-state index in [2.05, 4.69) is 4.90 Å². The molecule has 0 spiro atoms. The number of quaternary nitrogens is 1. The summed E-state index contributed by atoms with van der Waals surface area (Å²) in [6, 6.07) is 13.4. The number of rotatable bonds is 4. The molecule has 2 aliphatic heterocycles. The SMILES string of the molecule is O=C1c2ccccc2C(=O)N1C[NH+]1CCN(c2ccc([N+](=O)[O-])cc2)CC1. The predicted octanol–water partition coefficient (Wildman–Crippen LogP) is 0.553. The molecule has 0 saturated carbocycles. The van der Waals surface area contributed by atoms with Crippen LogP contribution in [-0.4, -0.2) is 54.5 Å². The van der Waals surface area contributed by atoms with E-state index < -0.39 is 4.92 Å². The van der Waals surface area contributed by atoms with Crippen LogP contribution in [0.3, 0.4) is 0 Å². The molecule has 8 heteroatoms. The number of nitrogens with one attached hydrogen (secondary N) is 1. The second-order valence-corrected chi connectivity index (χ2v) is 6.75. The fourth-order valence-electron chi connectivity index (χ4n) is 3.63. The monoisotopic (exact) mass is 367 g/mol. The lowest BCUT2D eigenvalue weighted by atomic mass is 10.1. The van der Waals surface area contributed by atoms with Crippen LogP contribution in [-0.2, 0) is 0 Å². The summed E-state index contributed by atoms with van der Waals surface area (Å²) >= 11 is 0. The Hall–Kier alpha value is -3.26. The molecule has 2 aromatic carbocycles. The predicted molar refractivity (Wildman–Crippen MR) is 97.8 cm³/mol. The molecule has 2 heterocycles. The highest BCUT2D eigenvalue weighted by atomic mass is 16.6. The fourth-order valence-corrected chi connectivity index (χ4v) is 3.63. The summed E-state index contributed by atoms with van der Waals surface area (Å²) < 4.78 is 0. The number of carbonyl (C=O) groups is 2. The number of imide groups is 1. The molecular formula is C19H19N4O4+. The minimum atomic E-state index is -0.409. The minimum Gasteiger partial charge on any atom is -0.360 e. The van der Waals surface area contributed by atoms with Crippen LogP contribution in [0.4, 0.5) is 11.4 Å². The van der Waals surface area contributed by atoms with E-state index in [1.165, 1.54) is 21.9 Å². The molecule has 0 bridgehead atoms. The van der Waals surface area contributed by atoms with Gasteiger partial charge in [0.2, 0.25) is 0 Å². The number of amides is 2. The molecule has 2 amide bonds. The van der Waals surface area contributed by atoms with Crippen LogP contribution in [0.2, 0.25) is 0 Å². The summed E-state index contributed by atoms with van der Waals surface area (Å²) in [6.07, 6.45) is 0. The standard InChI is InChI=1S/C19H18N4O4/c24-18-16-3-1-2-4-17(16)19(25)22(18)13-20-9-11-21(12-10-20)14-5-7-15(8-6-14)23(26)27/h1-8H,9-13H2/p+1. The van der Waals surface area contributed by atoms with Crippen molar-refractivity contribution in [3.8, 4) is 0 Å². The van der Waals surface area contributed by atoms with Crippen molar-refractivity contribution >= 4 is 23.2 Å². The summed E-state index contributed by atoms with van der Waals surface area (Å²) in [5.41, 5.74) is 1.98. The van der Waals surface area contributed by atoms with Crippen LogP contribution in [0.15, 0.2) is 48.5 Å². The van der Waals surface area contributed by atoms with Crippen LogP contribution >= 0.6 is 0 Å². The summed E-state index contributed by atoms with van der Waals surface area (Å²) in [4.78, 5) is 40.0. The number of carbonyl (C=O) groups excluding carboxylic acids is 2. The maximum atomic E-state index is 12.5. The van der Waals surface area contributed by atoms with Gasteiger partial charge in [0.15, 0.2) is 6.67 Å². The van der Waals surface area contributed by atoms with Gasteiger partial charge >= 0.3 is 0 Å². The number of piperazine rings is 1. The Morgan fingerprint density at radius 2 is 1.48 bits per heavy atom. The second-order valence-electron chi connectivity index (χ2n) is 6.75. The average molecular weight is 367 g/mol. The number of benzene rings is 2. The Balaban J connectivity index is 1.37. The van der Waals surface area contributed by atoms with Gasteiger partial charge < -0.3 is 9.80 Å². The lowest BCUT2D eigenvalue weighted by Crippen LogP contribution is -3.16. The van der Waals surface area contributed by atoms with Crippen molar-refractivity contribution in [1.82, 2.24) is 4.90 Å². The highest BCUT2D eigenvalue weighted by Gasteiger charge is 2.38. The molecule has 4 rings (SSSR count). The van der Waals surface area contributed by atoms with E-state index in [4.69, 9.17) is 0 Å². The third-order valence-electron chi connectivity index (χ3n) is 5.16. The lowest BCUT2D eigenvalue weighted by Gasteiger charge is -2.34. The third kappa shape index (κ3) is 3.15. The largest absolute Gasteiger partial charge is 0.360 e. The van der Waals surface area contributed by atoms with E-state index in [1.54, 1.807) is 36.4 Å². The van der Waals surface area contributed by atoms with Crippen molar-refractivity contribution in [1.29, 1.82) is 0 Å². The molecule has 0 unspecified atom stereocenters. The van der Waals surface area contributed by atoms with Gasteiger partial charge in [-0.05, 0) is 24.3 Å². The first-order chi connectivity index (χ1) is 13.0. The first-order valence-electron chi connectivity index (χ1n) is 8.83. The van der Waals surface area contributed by atoms with E-state index >= 15 is 0 Å². The number of fused-ring (bicyclic) bond motifs is 1. The molecule has 0 aliphatic carbocycles. The van der Waals surface area contributed by atoms with Crippen LogP contribution in [0.25, 0.3) is 0 Å². The molecule has 0 aromatic heterocycles. The van der Waals surface area contributed by atoms with Crippen molar-refractivity contribution in [3.63, 3.8) is 0 Å². The van der Waals surface area contributed by atoms with Gasteiger partial charge in [0.1, 0.15) is 0 Å². The zero-order valence-electron chi connectivity index (χ0n) is 14.6. The summed E-state index contributed by atoms with van der Waals surface area (Å²) in [5.74, 6) is -0.443. The van der Waals surface area contributed by atoms with Gasteiger partial charge in [0.25, 0.3) is 17.5 Å². The van der Waals surface area contributed by atoms with Crippen molar-refractivity contribution in [2.24, 2.45) is 0 Å². The van der Waals surface area contributed by atoms with Gasteiger partial charge in [-0.25, -0.2) is 4.90 Å². The fraction of sp³-hybridized carbons (Fsp3) is 0.263. The first kappa shape index (κ1) is 17.2. The Kier molecular flexibility index (Phi) is 4.33. The van der Waals surface area contributed by atoms with Gasteiger partial charge in [0, 0.05) is 17.8 Å². The molecule has 138 valence electrons. The van der Waals surface area contributed by atoms with Gasteiger partial charge in [-0.3, -0.25) is 19.7 Å². The molecule has 8 nitrogen and oxygen atoms in total. The molecule has 27 heavy (non-hydrogen) atoms. The highest BCUT2D eigenvalue weighted by Crippen LogP contribution is 2.22. The van der Waals surface area contributed by atoms with E-state index in [0.29, 0.717) is 17.8 Å². The Labute approximate surface area is 155 Å². The maximum absolute atomic E-state index is 12.5. The number of anilines is 1. The quantitative estimate of drug-likeness (QED) is 0.484. The summed E-state index contributed by atoms with van der Waals surface area (Å²) in [5, 5.41) is 10.8. The molecule has 0 atom stereocenters. The van der Waals surface area contributed by atoms with Crippen molar-refractivity contribution in [3.05, 3.63) is 69.8 Å². The van der Waals surface area contributed by atoms with Crippen molar-refractivity contribution < 1.29 is 19.4 Å². The minimum absolute atomic E-state index is 0.0774. The summed E-state index contributed by atoms with van der Waals surface area (Å²) in [6.45, 7) is 3.45. The molecule has 1 N–H and O–H groups in total. The molecule has 1 saturated heterocycles. The van der Waals surface area contributed by atoms with Crippen LogP contribution < -0.4 is 9.80 Å². The maximum Gasteiger partial charge on any atom is 0.269 e. The number of hydrogen-bond acceptors (Lipinski definition) is 5. The molecule has 2 aromatic rings. The number of hydrogen-bond donors (Lipinski definition) is 1. The van der Waals surface area contributed by atoms with Crippen molar-refractivity contribution in [2.45, 2.75) is 0 Å². The third-order valence-corrected chi connectivity index (χ3v) is 5.16. The summed E-state index contributed by atoms with van der Waals surface area (Å²) in [7, 11) is 0. The Morgan fingerprint density at radius 3 is 2.00 bits per heavy atom. The normalized spacial score (nSPS) is 17.3. The van der Waals surface area contributed by atoms with Gasteiger partial charge in [0.05, 0.1) is 42.2 Å². The van der Waals surface area contributed by atoms with Gasteiger partial charge in [-0.2, -0.15) is 0 Å². The smallest absolute Gasteiger partial charge is 0.269 e. The van der Waals surface area contributed by atoms with Crippen LogP contribution in [0.1, 0.15) is 20.7 Å². The molecule has 1 fully saturated rings. The highest BCUT2D eigenvalue weighted by molar-refractivity contribution is 6.21. The van der Waals surface area contributed by atoms with Gasteiger partial charge in [-0.1, -0.05) is 12.1 Å². The zero-order chi connectivity index (χ0) is 19.0. The average Bonchev–Trinajstić information content (AvgIpc) is 2.94. The topological polar surface area (TPSA) is 88.2 Å². The molecule has 0 radical (unpaired) electrons.